The zero-order chi connectivity index (χ0) is 17.0. The predicted molar refractivity (Wildman–Crippen MR) is 99.0 cm³/mol. The van der Waals surface area contributed by atoms with Gasteiger partial charge >= 0.3 is 0 Å². The fourth-order valence-electron chi connectivity index (χ4n) is 5.57. The summed E-state index contributed by atoms with van der Waals surface area (Å²) >= 11 is 7.43. The second kappa shape index (κ2) is 6.13. The van der Waals surface area contributed by atoms with Gasteiger partial charge in [0.1, 0.15) is 0 Å². The van der Waals surface area contributed by atoms with E-state index in [1.165, 1.54) is 43.4 Å². The lowest BCUT2D eigenvalue weighted by molar-refractivity contribution is -0.0119. The number of rotatable bonds is 4. The highest BCUT2D eigenvalue weighted by Crippen LogP contribution is 2.53. The fraction of sp³-hybridized carbons (Fsp3) is 0.579. The summed E-state index contributed by atoms with van der Waals surface area (Å²) in [4.78, 5) is 13.6. The maximum absolute atomic E-state index is 12.8. The van der Waals surface area contributed by atoms with Crippen molar-refractivity contribution >= 4 is 28.8 Å². The van der Waals surface area contributed by atoms with Crippen molar-refractivity contribution in [2.45, 2.75) is 44.7 Å². The third kappa shape index (κ3) is 3.02. The summed E-state index contributed by atoms with van der Waals surface area (Å²) in [7, 11) is 0. The Kier molecular flexibility index (Phi) is 3.90. The van der Waals surface area contributed by atoms with E-state index in [9.17, 15) is 4.79 Å². The minimum Gasteiger partial charge on any atom is -0.348 e. The van der Waals surface area contributed by atoms with Gasteiger partial charge in [0.25, 0.3) is 5.91 Å². The topological polar surface area (TPSA) is 46.9 Å². The maximum atomic E-state index is 12.8. The Bertz CT molecular complexity index is 770. The molecular weight excluding hydrogens is 354 g/mol. The van der Waals surface area contributed by atoms with Crippen LogP contribution in [-0.2, 0) is 6.54 Å². The third-order valence-corrected chi connectivity index (χ3v) is 7.52. The van der Waals surface area contributed by atoms with E-state index in [2.05, 4.69) is 10.4 Å². The molecule has 0 radical (unpaired) electrons. The number of nitrogens with one attached hydrogen (secondary N) is 1. The molecule has 2 heterocycles. The Morgan fingerprint density at radius 3 is 2.60 bits per heavy atom. The maximum Gasteiger partial charge on any atom is 0.261 e. The summed E-state index contributed by atoms with van der Waals surface area (Å²) in [5.74, 6) is 3.40. The molecule has 25 heavy (non-hydrogen) atoms. The van der Waals surface area contributed by atoms with E-state index in [-0.39, 0.29) is 5.91 Å². The van der Waals surface area contributed by atoms with Gasteiger partial charge in [-0.2, -0.15) is 5.10 Å². The minimum absolute atomic E-state index is 0.104. The Labute approximate surface area is 156 Å². The van der Waals surface area contributed by atoms with Crippen molar-refractivity contribution in [2.75, 3.05) is 0 Å². The van der Waals surface area contributed by atoms with E-state index in [0.717, 1.165) is 22.3 Å². The molecule has 132 valence electrons. The Morgan fingerprint density at radius 2 is 1.96 bits per heavy atom. The van der Waals surface area contributed by atoms with Crippen LogP contribution in [0.25, 0.3) is 0 Å². The molecule has 4 aliphatic rings. The number of carbonyl (C=O) groups excluding carboxylic acids is 1. The van der Waals surface area contributed by atoms with Crippen LogP contribution < -0.4 is 5.32 Å². The Morgan fingerprint density at radius 1 is 1.24 bits per heavy atom. The van der Waals surface area contributed by atoms with Crippen LogP contribution in [0.1, 0.15) is 47.3 Å². The van der Waals surface area contributed by atoms with Gasteiger partial charge in [0, 0.05) is 12.2 Å². The fourth-order valence-corrected chi connectivity index (χ4v) is 6.54. The molecule has 4 aliphatic carbocycles. The van der Waals surface area contributed by atoms with E-state index >= 15 is 0 Å². The number of hydrogen-bond acceptors (Lipinski definition) is 3. The van der Waals surface area contributed by atoms with Gasteiger partial charge in [-0.25, -0.2) is 0 Å². The first-order valence-corrected chi connectivity index (χ1v) is 10.5. The number of aromatic nitrogens is 2. The lowest BCUT2D eigenvalue weighted by atomic mass is 9.54. The quantitative estimate of drug-likeness (QED) is 0.870. The second-order valence-electron chi connectivity index (χ2n) is 8.11. The van der Waals surface area contributed by atoms with E-state index in [1.807, 2.05) is 11.4 Å². The summed E-state index contributed by atoms with van der Waals surface area (Å²) in [5, 5.41) is 10.3. The zero-order valence-corrected chi connectivity index (χ0v) is 15.6. The molecule has 4 saturated carbocycles. The molecule has 2 aromatic rings. The van der Waals surface area contributed by atoms with E-state index in [4.69, 9.17) is 11.6 Å². The normalized spacial score (nSPS) is 32.9. The molecule has 1 amide bonds. The van der Waals surface area contributed by atoms with Crippen LogP contribution in [-0.4, -0.2) is 21.7 Å². The summed E-state index contributed by atoms with van der Waals surface area (Å²) in [6, 6.07) is 2.39. The van der Waals surface area contributed by atoms with Gasteiger partial charge in [0.15, 0.2) is 0 Å². The molecule has 0 aromatic carbocycles. The van der Waals surface area contributed by atoms with Crippen LogP contribution in [0, 0.1) is 23.7 Å². The first-order chi connectivity index (χ1) is 12.1. The molecule has 4 nitrogen and oxygen atoms in total. The summed E-state index contributed by atoms with van der Waals surface area (Å²) in [6.45, 7) is 0.647. The molecule has 4 fully saturated rings. The van der Waals surface area contributed by atoms with Crippen LogP contribution in [0.2, 0.25) is 5.02 Å². The summed E-state index contributed by atoms with van der Waals surface area (Å²) in [5.41, 5.74) is 1.10. The van der Waals surface area contributed by atoms with Crippen molar-refractivity contribution < 1.29 is 4.79 Å². The number of halogens is 1. The highest BCUT2D eigenvalue weighted by molar-refractivity contribution is 7.12. The Hall–Kier alpha value is -1.33. The number of thiophene rings is 1. The molecular formula is C19H22ClN3OS. The molecule has 0 spiro atoms. The average Bonchev–Trinajstić information content (AvgIpc) is 3.20. The zero-order valence-electron chi connectivity index (χ0n) is 14.0. The molecule has 0 aliphatic heterocycles. The van der Waals surface area contributed by atoms with Crippen LogP contribution in [0.4, 0.5) is 0 Å². The largest absolute Gasteiger partial charge is 0.348 e. The molecule has 2 aromatic heterocycles. The smallest absolute Gasteiger partial charge is 0.261 e. The van der Waals surface area contributed by atoms with Crippen molar-refractivity contribution in [2.24, 2.45) is 23.7 Å². The van der Waals surface area contributed by atoms with E-state index < -0.39 is 0 Å². The van der Waals surface area contributed by atoms with Gasteiger partial charge in [-0.3, -0.25) is 9.48 Å². The number of amides is 1. The van der Waals surface area contributed by atoms with Gasteiger partial charge in [-0.15, -0.1) is 11.3 Å². The van der Waals surface area contributed by atoms with Crippen LogP contribution in [0.5, 0.6) is 0 Å². The SMILES string of the molecule is O=C(NC1C2CC3CC(C2)CC1C3)c1cc(Cn2cc(Cl)cn2)cs1. The number of carbonyl (C=O) groups is 1. The van der Waals surface area contributed by atoms with Gasteiger partial charge in [-0.05, 0) is 72.8 Å². The third-order valence-electron chi connectivity index (χ3n) is 6.35. The van der Waals surface area contributed by atoms with Crippen molar-refractivity contribution in [3.63, 3.8) is 0 Å². The molecule has 0 atom stereocenters. The molecule has 0 saturated heterocycles. The highest BCUT2D eigenvalue weighted by atomic mass is 35.5. The first-order valence-electron chi connectivity index (χ1n) is 9.20. The predicted octanol–water partition coefficient (Wildman–Crippen LogP) is 4.20. The average molecular weight is 376 g/mol. The lowest BCUT2D eigenvalue weighted by Crippen LogP contribution is -2.55. The van der Waals surface area contributed by atoms with Gasteiger partial charge in [0.2, 0.25) is 0 Å². The van der Waals surface area contributed by atoms with Crippen molar-refractivity contribution in [1.82, 2.24) is 15.1 Å². The summed E-state index contributed by atoms with van der Waals surface area (Å²) < 4.78 is 1.80. The van der Waals surface area contributed by atoms with Crippen molar-refractivity contribution in [3.05, 3.63) is 39.3 Å². The van der Waals surface area contributed by atoms with Gasteiger partial charge < -0.3 is 5.32 Å². The van der Waals surface area contributed by atoms with Gasteiger partial charge in [0.05, 0.1) is 22.6 Å². The van der Waals surface area contributed by atoms with E-state index in [1.54, 1.807) is 17.1 Å². The molecule has 1 N–H and O–H groups in total. The molecule has 4 bridgehead atoms. The van der Waals surface area contributed by atoms with Gasteiger partial charge in [-0.1, -0.05) is 11.6 Å². The van der Waals surface area contributed by atoms with E-state index in [0.29, 0.717) is 29.4 Å². The molecule has 6 heteroatoms. The highest BCUT2D eigenvalue weighted by Gasteiger charge is 2.48. The Balaban J connectivity index is 1.26. The number of hydrogen-bond donors (Lipinski definition) is 1. The van der Waals surface area contributed by atoms with Crippen LogP contribution in [0.15, 0.2) is 23.8 Å². The second-order valence-corrected chi connectivity index (χ2v) is 9.45. The first kappa shape index (κ1) is 15.9. The monoisotopic (exact) mass is 375 g/mol. The summed E-state index contributed by atoms with van der Waals surface area (Å²) in [6.07, 6.45) is 10.2. The van der Waals surface area contributed by atoms with Crippen molar-refractivity contribution in [1.29, 1.82) is 0 Å². The van der Waals surface area contributed by atoms with Crippen LogP contribution in [0.3, 0.4) is 0 Å². The van der Waals surface area contributed by atoms with Crippen LogP contribution >= 0.6 is 22.9 Å². The minimum atomic E-state index is 0.104. The van der Waals surface area contributed by atoms with Crippen molar-refractivity contribution in [3.8, 4) is 0 Å². The number of nitrogens with zero attached hydrogens (tertiary/aromatic N) is 2. The lowest BCUT2D eigenvalue weighted by Gasteiger charge is -2.54. The molecule has 0 unspecified atom stereocenters. The standard InChI is InChI=1S/C19H22ClN3OS/c20-16-7-21-23(9-16)8-13-6-17(25-10-13)19(24)22-18-14-2-11-1-12(4-14)5-15(18)3-11/h6-7,9-12,14-15,18H,1-5,8H2,(H,22,24). The molecule has 6 rings (SSSR count).